The summed E-state index contributed by atoms with van der Waals surface area (Å²) in [5.74, 6) is 0. The monoisotopic (exact) mass is 757 g/mol. The number of rotatable bonds is 4. The molecule has 58 heavy (non-hydrogen) atoms. The first-order valence-corrected chi connectivity index (χ1v) is 21.1. The normalized spacial score (nSPS) is 14.6. The van der Waals surface area contributed by atoms with Crippen molar-refractivity contribution < 1.29 is 0 Å². The molecule has 0 amide bonds. The first-order valence-electron chi connectivity index (χ1n) is 20.3. The van der Waals surface area contributed by atoms with E-state index in [9.17, 15) is 0 Å². The van der Waals surface area contributed by atoms with Crippen molar-refractivity contribution in [2.45, 2.75) is 34.5 Å². The molecule has 2 heteroatoms. The van der Waals surface area contributed by atoms with Crippen molar-refractivity contribution in [3.8, 4) is 33.4 Å². The summed E-state index contributed by atoms with van der Waals surface area (Å²) in [7, 11) is 0. The summed E-state index contributed by atoms with van der Waals surface area (Å²) < 4.78 is 0. The number of para-hydroxylation sites is 1. The largest absolute Gasteiger partial charge is 0.310 e. The Hall–Kier alpha value is -6.61. The smallest absolute Gasteiger partial charge is 0.0735 e. The molecule has 1 nitrogen and oxygen atoms in total. The van der Waals surface area contributed by atoms with Crippen LogP contribution in [0.3, 0.4) is 0 Å². The minimum Gasteiger partial charge on any atom is -0.310 e. The first kappa shape index (κ1) is 33.5. The van der Waals surface area contributed by atoms with Gasteiger partial charge in [0.15, 0.2) is 0 Å². The van der Waals surface area contributed by atoms with Gasteiger partial charge < -0.3 is 4.90 Å². The zero-order valence-corrected chi connectivity index (χ0v) is 33.2. The van der Waals surface area contributed by atoms with Gasteiger partial charge in [0.25, 0.3) is 0 Å². The summed E-state index contributed by atoms with van der Waals surface area (Å²) in [5.41, 5.74) is 18.9. The molecule has 12 rings (SSSR count). The average Bonchev–Trinajstić information content (AvgIpc) is 3.69. The summed E-state index contributed by atoms with van der Waals surface area (Å²) >= 11 is 1.91. The van der Waals surface area contributed by atoms with Crippen molar-refractivity contribution in [1.29, 1.82) is 0 Å². The molecule has 0 atom stereocenters. The molecule has 2 aliphatic carbocycles. The van der Waals surface area contributed by atoms with Crippen molar-refractivity contribution in [3.63, 3.8) is 0 Å². The second-order valence-corrected chi connectivity index (χ2v) is 17.6. The van der Waals surface area contributed by atoms with E-state index in [0.717, 1.165) is 17.1 Å². The van der Waals surface area contributed by atoms with Gasteiger partial charge in [-0.3, -0.25) is 0 Å². The molecule has 0 radical (unpaired) electrons. The van der Waals surface area contributed by atoms with E-state index < -0.39 is 5.41 Å². The first-order chi connectivity index (χ1) is 28.5. The van der Waals surface area contributed by atoms with Crippen molar-refractivity contribution in [2.75, 3.05) is 4.90 Å². The Morgan fingerprint density at radius 3 is 1.57 bits per heavy atom. The summed E-state index contributed by atoms with van der Waals surface area (Å²) in [5, 5.41) is 2.56. The Morgan fingerprint density at radius 2 is 0.862 bits per heavy atom. The van der Waals surface area contributed by atoms with Crippen LogP contribution in [0.15, 0.2) is 210 Å². The molecular formula is C56H39NS. The molecule has 3 aliphatic rings. The Bertz CT molecular complexity index is 3080. The van der Waals surface area contributed by atoms with E-state index in [2.05, 4.69) is 219 Å². The minimum absolute atomic E-state index is 0.0792. The second kappa shape index (κ2) is 12.4. The summed E-state index contributed by atoms with van der Waals surface area (Å²) in [6.07, 6.45) is 0. The highest BCUT2D eigenvalue weighted by Crippen LogP contribution is 2.63. The van der Waals surface area contributed by atoms with Crippen LogP contribution >= 0.6 is 11.8 Å². The lowest BCUT2D eigenvalue weighted by Gasteiger charge is -2.40. The fourth-order valence-electron chi connectivity index (χ4n) is 10.4. The third kappa shape index (κ3) is 4.67. The molecule has 1 spiro atoms. The van der Waals surface area contributed by atoms with Crippen molar-refractivity contribution in [2.24, 2.45) is 0 Å². The van der Waals surface area contributed by atoms with E-state index in [1.165, 1.54) is 87.3 Å². The maximum atomic E-state index is 2.49. The predicted octanol–water partition coefficient (Wildman–Crippen LogP) is 15.1. The van der Waals surface area contributed by atoms with E-state index in [4.69, 9.17) is 0 Å². The van der Waals surface area contributed by atoms with Crippen LogP contribution in [-0.4, -0.2) is 0 Å². The molecule has 1 heterocycles. The van der Waals surface area contributed by atoms with Crippen LogP contribution in [-0.2, 0) is 10.8 Å². The van der Waals surface area contributed by atoms with E-state index in [1.807, 2.05) is 11.8 Å². The van der Waals surface area contributed by atoms with Gasteiger partial charge in [0, 0.05) is 32.3 Å². The molecular weight excluding hydrogens is 719 g/mol. The van der Waals surface area contributed by atoms with Gasteiger partial charge in [-0.1, -0.05) is 165 Å². The van der Waals surface area contributed by atoms with E-state index in [1.54, 1.807) is 0 Å². The lowest BCUT2D eigenvalue weighted by Crippen LogP contribution is -2.32. The minimum atomic E-state index is -0.436. The number of nitrogens with zero attached hydrogens (tertiary/aromatic N) is 1. The van der Waals surface area contributed by atoms with E-state index in [-0.39, 0.29) is 5.41 Å². The molecule has 0 unspecified atom stereocenters. The van der Waals surface area contributed by atoms with Crippen LogP contribution < -0.4 is 4.90 Å². The maximum absolute atomic E-state index is 2.49. The lowest BCUT2D eigenvalue weighted by molar-refractivity contribution is 0.660. The van der Waals surface area contributed by atoms with Gasteiger partial charge in [-0.05, 0) is 138 Å². The number of hydrogen-bond donors (Lipinski definition) is 0. The Kier molecular flexibility index (Phi) is 7.19. The van der Waals surface area contributed by atoms with Crippen LogP contribution in [0.2, 0.25) is 0 Å². The van der Waals surface area contributed by atoms with Gasteiger partial charge in [0.2, 0.25) is 0 Å². The highest BCUT2D eigenvalue weighted by atomic mass is 32.2. The van der Waals surface area contributed by atoms with Crippen LogP contribution in [0.1, 0.15) is 47.2 Å². The summed E-state index contributed by atoms with van der Waals surface area (Å²) in [6, 6.07) is 74.9. The molecule has 9 aromatic rings. The highest BCUT2D eigenvalue weighted by Gasteiger charge is 2.50. The predicted molar refractivity (Wildman–Crippen MR) is 243 cm³/mol. The Labute approximate surface area is 344 Å². The molecule has 1 aliphatic heterocycles. The lowest BCUT2D eigenvalue weighted by atomic mass is 9.66. The second-order valence-electron chi connectivity index (χ2n) is 16.5. The van der Waals surface area contributed by atoms with Crippen molar-refractivity contribution >= 4 is 39.6 Å². The topological polar surface area (TPSA) is 3.24 Å². The molecule has 0 aromatic heterocycles. The quantitative estimate of drug-likeness (QED) is 0.176. The molecule has 0 fully saturated rings. The number of fused-ring (bicyclic) bond motifs is 13. The van der Waals surface area contributed by atoms with Gasteiger partial charge in [-0.2, -0.15) is 0 Å². The average molecular weight is 758 g/mol. The number of hydrogen-bond acceptors (Lipinski definition) is 2. The molecule has 274 valence electrons. The maximum Gasteiger partial charge on any atom is 0.0735 e. The van der Waals surface area contributed by atoms with Crippen LogP contribution in [0, 0.1) is 0 Å². The van der Waals surface area contributed by atoms with E-state index in [0.29, 0.717) is 0 Å². The molecule has 0 saturated heterocycles. The van der Waals surface area contributed by atoms with Crippen molar-refractivity contribution in [1.82, 2.24) is 0 Å². The van der Waals surface area contributed by atoms with Gasteiger partial charge in [0.1, 0.15) is 0 Å². The van der Waals surface area contributed by atoms with Gasteiger partial charge in [0.05, 0.1) is 5.41 Å². The van der Waals surface area contributed by atoms with E-state index >= 15 is 0 Å². The number of benzene rings is 9. The molecule has 0 N–H and O–H groups in total. The van der Waals surface area contributed by atoms with Crippen molar-refractivity contribution in [3.05, 3.63) is 234 Å². The fourth-order valence-corrected chi connectivity index (χ4v) is 11.6. The highest BCUT2D eigenvalue weighted by molar-refractivity contribution is 7.99. The van der Waals surface area contributed by atoms with Crippen LogP contribution in [0.5, 0.6) is 0 Å². The standard InChI is InChI=1S/C56H39NS/c1-55(2)47-21-11-8-18-43(47)46-30-29-42(35-50(46)55)57(40-16-4-3-5-17-40)41-27-24-36(25-28-41)39-26-31-53-51(33-39)56(52-32-37-14-6-7-15-38(37)34-54(52)58-53)48-22-12-9-19-44(48)45-20-10-13-23-49(45)56/h3-35H,1-2H3. The molecule has 0 bridgehead atoms. The zero-order valence-electron chi connectivity index (χ0n) is 32.4. The Balaban J connectivity index is 1.00. The van der Waals surface area contributed by atoms with Crippen LogP contribution in [0.25, 0.3) is 44.2 Å². The zero-order chi connectivity index (χ0) is 38.6. The molecule has 0 saturated carbocycles. The van der Waals surface area contributed by atoms with Gasteiger partial charge in [-0.25, -0.2) is 0 Å². The summed E-state index contributed by atoms with van der Waals surface area (Å²) in [6.45, 7) is 4.71. The third-order valence-corrected chi connectivity index (χ3v) is 14.2. The fraction of sp³-hybridized carbons (Fsp3) is 0.0714. The third-order valence-electron chi connectivity index (χ3n) is 13.1. The van der Waals surface area contributed by atoms with Gasteiger partial charge >= 0.3 is 0 Å². The van der Waals surface area contributed by atoms with Crippen LogP contribution in [0.4, 0.5) is 17.1 Å². The van der Waals surface area contributed by atoms with Gasteiger partial charge in [-0.15, -0.1) is 0 Å². The SMILES string of the molecule is CC1(C)c2ccccc2-c2ccc(N(c3ccccc3)c3ccc(-c4ccc5c(c4)C4(c6cc7ccccc7cc6S5)c5ccccc5-c5ccccc54)cc3)cc21. The Morgan fingerprint density at radius 1 is 0.345 bits per heavy atom. The number of anilines is 3. The summed E-state index contributed by atoms with van der Waals surface area (Å²) in [4.78, 5) is 5.04. The molecule has 9 aromatic carbocycles.